The molecule has 7 heteroatoms. The molecule has 138 valence electrons. The smallest absolute Gasteiger partial charge is 0.360 e. The summed E-state index contributed by atoms with van der Waals surface area (Å²) in [6.45, 7) is 2.51. The van der Waals surface area contributed by atoms with E-state index in [2.05, 4.69) is 15.0 Å². The lowest BCUT2D eigenvalue weighted by atomic mass is 10.0. The Hall–Kier alpha value is -2.67. The van der Waals surface area contributed by atoms with Crippen molar-refractivity contribution < 1.29 is 14.6 Å². The summed E-state index contributed by atoms with van der Waals surface area (Å²) in [5.41, 5.74) is 0.193. The molecular weight excluding hydrogens is 334 g/mol. The van der Waals surface area contributed by atoms with Gasteiger partial charge in [-0.15, -0.1) is 0 Å². The van der Waals surface area contributed by atoms with Crippen LogP contribution in [-0.4, -0.2) is 27.7 Å². The van der Waals surface area contributed by atoms with Gasteiger partial charge in [-0.1, -0.05) is 30.3 Å². The Morgan fingerprint density at radius 1 is 1.35 bits per heavy atom. The molecule has 1 aromatic heterocycles. The quantitative estimate of drug-likeness (QED) is 0.816. The van der Waals surface area contributed by atoms with Crippen LogP contribution in [-0.2, 0) is 11.3 Å². The fourth-order valence-electron chi connectivity index (χ4n) is 3.33. The molecule has 7 nitrogen and oxygen atoms in total. The first-order valence-corrected chi connectivity index (χ1v) is 8.76. The minimum Gasteiger partial charge on any atom is -0.501 e. The Morgan fingerprint density at radius 3 is 2.77 bits per heavy atom. The van der Waals surface area contributed by atoms with Gasteiger partial charge in [0, 0.05) is 12.6 Å². The van der Waals surface area contributed by atoms with Gasteiger partial charge in [0.1, 0.15) is 5.82 Å². The van der Waals surface area contributed by atoms with Crippen LogP contribution >= 0.6 is 0 Å². The molecule has 26 heavy (non-hydrogen) atoms. The summed E-state index contributed by atoms with van der Waals surface area (Å²) in [6.07, 6.45) is 2.51. The van der Waals surface area contributed by atoms with Crippen LogP contribution in [0.1, 0.15) is 60.1 Å². The van der Waals surface area contributed by atoms with Crippen molar-refractivity contribution in [3.8, 4) is 5.75 Å². The predicted octanol–water partition coefficient (Wildman–Crippen LogP) is 2.31. The van der Waals surface area contributed by atoms with Crippen molar-refractivity contribution in [1.29, 1.82) is 0 Å². The molecule has 0 saturated heterocycles. The van der Waals surface area contributed by atoms with E-state index in [1.54, 1.807) is 0 Å². The summed E-state index contributed by atoms with van der Waals surface area (Å²) in [7, 11) is 1.19. The third-order valence-electron chi connectivity index (χ3n) is 4.74. The average Bonchev–Trinajstić information content (AvgIpc) is 2.87. The van der Waals surface area contributed by atoms with Crippen LogP contribution in [0, 0.1) is 0 Å². The highest BCUT2D eigenvalue weighted by Crippen LogP contribution is 2.27. The number of methoxy groups -OCH3 is 1. The molecule has 1 aliphatic rings. The Balaban J connectivity index is 2.00. The molecule has 0 spiro atoms. The number of carbonyl (C=O) groups is 1. The van der Waals surface area contributed by atoms with Crippen LogP contribution in [0.25, 0.3) is 0 Å². The Labute approximate surface area is 151 Å². The van der Waals surface area contributed by atoms with Gasteiger partial charge in [-0.2, -0.15) is 0 Å². The highest BCUT2D eigenvalue weighted by atomic mass is 16.5. The highest BCUT2D eigenvalue weighted by molar-refractivity contribution is 5.89. The normalized spacial score (nSPS) is 17.8. The van der Waals surface area contributed by atoms with Crippen molar-refractivity contribution in [2.45, 2.75) is 44.8 Å². The monoisotopic (exact) mass is 357 g/mol. The molecule has 1 unspecified atom stereocenters. The van der Waals surface area contributed by atoms with E-state index >= 15 is 0 Å². The average molecular weight is 357 g/mol. The zero-order chi connectivity index (χ0) is 18.7. The van der Waals surface area contributed by atoms with Gasteiger partial charge in [0.2, 0.25) is 5.75 Å². The van der Waals surface area contributed by atoms with Crippen LogP contribution in [0.2, 0.25) is 0 Å². The summed E-state index contributed by atoms with van der Waals surface area (Å²) < 4.78 is 6.11. The number of carbonyl (C=O) groups excluding carboxylic acids is 1. The van der Waals surface area contributed by atoms with E-state index in [0.717, 1.165) is 24.8 Å². The van der Waals surface area contributed by atoms with Crippen molar-refractivity contribution in [2.75, 3.05) is 7.11 Å². The van der Waals surface area contributed by atoms with Crippen LogP contribution < -0.4 is 10.9 Å². The fourth-order valence-corrected chi connectivity index (χ4v) is 3.33. The molecular formula is C19H23N3O4. The van der Waals surface area contributed by atoms with E-state index in [1.165, 1.54) is 11.7 Å². The topological polar surface area (TPSA) is 93.5 Å². The Bertz CT molecular complexity index is 848. The summed E-state index contributed by atoms with van der Waals surface area (Å²) in [6, 6.07) is 9.82. The van der Waals surface area contributed by atoms with Crippen molar-refractivity contribution in [3.63, 3.8) is 0 Å². The van der Waals surface area contributed by atoms with Crippen molar-refractivity contribution >= 4 is 5.97 Å². The second-order valence-electron chi connectivity index (χ2n) is 6.46. The summed E-state index contributed by atoms with van der Waals surface area (Å²) >= 11 is 0. The van der Waals surface area contributed by atoms with E-state index in [0.29, 0.717) is 12.4 Å². The van der Waals surface area contributed by atoms with Gasteiger partial charge >= 0.3 is 5.97 Å². The fraction of sp³-hybridized carbons (Fsp3) is 0.421. The number of hydrogen-bond donors (Lipinski definition) is 2. The van der Waals surface area contributed by atoms with Crippen LogP contribution in [0.15, 0.2) is 35.1 Å². The molecule has 2 N–H and O–H groups in total. The van der Waals surface area contributed by atoms with Gasteiger partial charge in [0.05, 0.1) is 13.2 Å². The van der Waals surface area contributed by atoms with E-state index in [4.69, 9.17) is 0 Å². The molecule has 2 atom stereocenters. The lowest BCUT2D eigenvalue weighted by molar-refractivity contribution is 0.0588. The Kier molecular flexibility index (Phi) is 5.37. The molecule has 0 bridgehead atoms. The molecule has 1 aliphatic heterocycles. The van der Waals surface area contributed by atoms with E-state index < -0.39 is 17.3 Å². The lowest BCUT2D eigenvalue weighted by Crippen LogP contribution is -2.33. The third-order valence-corrected chi connectivity index (χ3v) is 4.74. The summed E-state index contributed by atoms with van der Waals surface area (Å²) in [4.78, 5) is 28.7. The molecule has 2 aromatic rings. The number of aromatic nitrogens is 2. The SMILES string of the molecule is COC(=O)c1nc2n(c(=O)c1O)CCCCC2N[C@H](C)c1ccccc1. The molecule has 0 amide bonds. The second-order valence-corrected chi connectivity index (χ2v) is 6.46. The number of nitrogens with one attached hydrogen (secondary N) is 1. The minimum atomic E-state index is -0.817. The molecule has 0 fully saturated rings. The number of benzene rings is 1. The number of rotatable bonds is 4. The number of hydrogen-bond acceptors (Lipinski definition) is 6. The van der Waals surface area contributed by atoms with Crippen LogP contribution in [0.4, 0.5) is 0 Å². The minimum absolute atomic E-state index is 0.0417. The number of aromatic hydroxyl groups is 1. The van der Waals surface area contributed by atoms with Gasteiger partial charge in [-0.25, -0.2) is 9.78 Å². The van der Waals surface area contributed by atoms with Gasteiger partial charge in [-0.3, -0.25) is 9.36 Å². The molecule has 0 radical (unpaired) electrons. The lowest BCUT2D eigenvalue weighted by Gasteiger charge is -2.24. The van der Waals surface area contributed by atoms with Gasteiger partial charge in [0.25, 0.3) is 5.56 Å². The maximum atomic E-state index is 12.5. The molecule has 2 heterocycles. The largest absolute Gasteiger partial charge is 0.501 e. The van der Waals surface area contributed by atoms with E-state index in [9.17, 15) is 14.7 Å². The standard InChI is InChI=1S/C19H23N3O4/c1-12(13-8-4-3-5-9-13)20-14-10-6-7-11-22-17(14)21-15(19(25)26-2)16(23)18(22)24/h3-5,8-9,12,14,20,23H,6-7,10-11H2,1-2H3/t12-,14?/m1/s1. The third kappa shape index (κ3) is 3.48. The number of ether oxygens (including phenoxy) is 1. The van der Waals surface area contributed by atoms with Crippen molar-refractivity contribution in [1.82, 2.24) is 14.9 Å². The number of nitrogens with zero attached hydrogens (tertiary/aromatic N) is 2. The van der Waals surface area contributed by atoms with Crippen LogP contribution in [0.5, 0.6) is 5.75 Å². The first-order chi connectivity index (χ1) is 12.5. The van der Waals surface area contributed by atoms with Gasteiger partial charge < -0.3 is 15.2 Å². The van der Waals surface area contributed by atoms with Crippen LogP contribution in [0.3, 0.4) is 0 Å². The van der Waals surface area contributed by atoms with E-state index in [1.807, 2.05) is 37.3 Å². The van der Waals surface area contributed by atoms with Gasteiger partial charge in [-0.05, 0) is 31.7 Å². The van der Waals surface area contributed by atoms with Crippen molar-refractivity contribution in [3.05, 3.63) is 57.8 Å². The molecule has 1 aromatic carbocycles. The first kappa shape index (κ1) is 18.1. The predicted molar refractivity (Wildman–Crippen MR) is 96.1 cm³/mol. The maximum Gasteiger partial charge on any atom is 0.360 e. The van der Waals surface area contributed by atoms with Crippen molar-refractivity contribution in [2.24, 2.45) is 0 Å². The summed E-state index contributed by atoms with van der Waals surface area (Å²) in [5, 5.41) is 13.6. The first-order valence-electron chi connectivity index (χ1n) is 8.76. The molecule has 0 saturated carbocycles. The molecule has 3 rings (SSSR count). The zero-order valence-corrected chi connectivity index (χ0v) is 14.9. The summed E-state index contributed by atoms with van der Waals surface area (Å²) in [5.74, 6) is -1.01. The maximum absolute atomic E-state index is 12.5. The zero-order valence-electron chi connectivity index (χ0n) is 14.9. The van der Waals surface area contributed by atoms with E-state index in [-0.39, 0.29) is 17.8 Å². The number of fused-ring (bicyclic) bond motifs is 1. The van der Waals surface area contributed by atoms with Gasteiger partial charge in [0.15, 0.2) is 5.69 Å². The highest BCUT2D eigenvalue weighted by Gasteiger charge is 2.28. The number of esters is 1. The Morgan fingerprint density at radius 2 is 2.08 bits per heavy atom. The molecule has 0 aliphatic carbocycles. The second kappa shape index (κ2) is 7.70.